The fourth-order valence-electron chi connectivity index (χ4n) is 8.77. The van der Waals surface area contributed by atoms with Gasteiger partial charge in [0.2, 0.25) is 0 Å². The largest absolute Gasteiger partial charge is 0.384 e. The second-order valence-electron chi connectivity index (χ2n) is 16.2. The maximum atomic E-state index is 5.42. The van der Waals surface area contributed by atoms with Gasteiger partial charge in [-0.15, -0.1) is 0 Å². The van der Waals surface area contributed by atoms with Gasteiger partial charge in [0.1, 0.15) is 22.6 Å². The standard InChI is InChI=1S/C50H56N10/c1-5-9-13-19-31-21-15-23-33-39(31)47-53-43(33)57-49-42-36(26-18-28-38(42)52-30-12-8-4)46(60-49)56-48-40-32(20-14-10-6-2)22-16-24-34(40)44(54-48)58-50-41-35(45(55-47)59-50)25-17-27-37(41)51-29-11-7-3/h15-18,21-28,51-52H,5-14,19-20,29-30H2,1-4H3,(H2,53,54,55,56,57,58,59,60). The van der Waals surface area contributed by atoms with E-state index in [9.17, 15) is 0 Å². The van der Waals surface area contributed by atoms with Gasteiger partial charge in [-0.25, -0.2) is 29.9 Å². The molecule has 0 spiro atoms. The second-order valence-corrected chi connectivity index (χ2v) is 16.2. The molecule has 10 heteroatoms. The second kappa shape index (κ2) is 17.6. The predicted molar refractivity (Wildman–Crippen MR) is 249 cm³/mol. The summed E-state index contributed by atoms with van der Waals surface area (Å²) in [6.07, 6.45) is 13.0. The van der Waals surface area contributed by atoms with Gasteiger partial charge in [-0.2, -0.15) is 0 Å². The maximum Gasteiger partial charge on any atom is 0.166 e. The van der Waals surface area contributed by atoms with Gasteiger partial charge in [-0.05, 0) is 61.8 Å². The minimum Gasteiger partial charge on any atom is -0.384 e. The van der Waals surface area contributed by atoms with Crippen molar-refractivity contribution in [3.05, 3.63) is 83.9 Å². The van der Waals surface area contributed by atoms with Crippen LogP contribution in [0, 0.1) is 0 Å². The number of unbranched alkanes of at least 4 members (excludes halogenated alkanes) is 6. The molecule has 7 aromatic rings. The van der Waals surface area contributed by atoms with E-state index >= 15 is 0 Å². The average molecular weight is 797 g/mol. The number of hydrogen-bond acceptors (Lipinski definition) is 8. The van der Waals surface area contributed by atoms with Crippen molar-refractivity contribution in [2.75, 3.05) is 23.7 Å². The molecule has 0 atom stereocenters. The van der Waals surface area contributed by atoms with Crippen molar-refractivity contribution in [2.45, 2.75) is 105 Å². The molecule has 0 amide bonds. The van der Waals surface area contributed by atoms with E-state index in [4.69, 9.17) is 29.9 Å². The zero-order valence-electron chi connectivity index (χ0n) is 35.5. The first kappa shape index (κ1) is 39.3. The lowest BCUT2D eigenvalue weighted by Gasteiger charge is -2.10. The van der Waals surface area contributed by atoms with Crippen molar-refractivity contribution in [2.24, 2.45) is 0 Å². The van der Waals surface area contributed by atoms with E-state index in [0.29, 0.717) is 23.3 Å². The van der Waals surface area contributed by atoms with Crippen LogP contribution in [-0.2, 0) is 12.8 Å². The third-order valence-corrected chi connectivity index (χ3v) is 11.9. The molecule has 8 bridgehead atoms. The van der Waals surface area contributed by atoms with Gasteiger partial charge in [0.05, 0.1) is 11.1 Å². The van der Waals surface area contributed by atoms with Crippen LogP contribution in [0.25, 0.3) is 89.7 Å². The zero-order chi connectivity index (χ0) is 41.0. The minimum absolute atomic E-state index is 0.618. The SMILES string of the molecule is CCCCCc1cccc2c3nc4nc(nc5[nH]c(nc6nc(nc([nH]3)c12)-c1cccc(NCCCC)c1-6)c1cccc(CCCCC)c51)-c1cccc(NCCCC)c1-4. The smallest absolute Gasteiger partial charge is 0.166 e. The van der Waals surface area contributed by atoms with Gasteiger partial charge in [0.25, 0.3) is 0 Å². The summed E-state index contributed by atoms with van der Waals surface area (Å²) in [5.74, 6) is 2.48. The number of nitrogens with zero attached hydrogens (tertiary/aromatic N) is 6. The van der Waals surface area contributed by atoms with Crippen molar-refractivity contribution in [1.29, 1.82) is 0 Å². The summed E-state index contributed by atoms with van der Waals surface area (Å²) >= 11 is 0. The molecule has 0 fully saturated rings. The number of fused-ring (bicyclic) bond motifs is 20. The molecule has 0 radical (unpaired) electrons. The predicted octanol–water partition coefficient (Wildman–Crippen LogP) is 12.8. The van der Waals surface area contributed by atoms with Gasteiger partial charge in [0.15, 0.2) is 23.3 Å². The van der Waals surface area contributed by atoms with Crippen LogP contribution in [0.4, 0.5) is 11.4 Å². The molecule has 10 nitrogen and oxygen atoms in total. The lowest BCUT2D eigenvalue weighted by molar-refractivity contribution is 0.720. The van der Waals surface area contributed by atoms with Crippen molar-refractivity contribution in [3.8, 4) is 45.6 Å². The highest BCUT2D eigenvalue weighted by atomic mass is 15.1. The van der Waals surface area contributed by atoms with Gasteiger partial charge in [-0.3, -0.25) is 0 Å². The first-order valence-corrected chi connectivity index (χ1v) is 22.4. The van der Waals surface area contributed by atoms with E-state index in [-0.39, 0.29) is 0 Å². The number of benzene rings is 4. The molecule has 5 heterocycles. The van der Waals surface area contributed by atoms with Crippen molar-refractivity contribution in [1.82, 2.24) is 39.9 Å². The third kappa shape index (κ3) is 7.48. The fourth-order valence-corrected chi connectivity index (χ4v) is 8.77. The number of nitrogens with one attached hydrogen (secondary N) is 4. The summed E-state index contributed by atoms with van der Waals surface area (Å²) in [4.78, 5) is 39.6. The van der Waals surface area contributed by atoms with Crippen molar-refractivity contribution < 1.29 is 0 Å². The number of hydrogen-bond donors (Lipinski definition) is 4. The lowest BCUT2D eigenvalue weighted by Crippen LogP contribution is -2.02. The topological polar surface area (TPSA) is 133 Å². The van der Waals surface area contributed by atoms with Crippen LogP contribution in [0.2, 0.25) is 0 Å². The molecule has 4 N–H and O–H groups in total. The van der Waals surface area contributed by atoms with Gasteiger partial charge < -0.3 is 20.6 Å². The number of H-pyrrole nitrogens is 2. The molecule has 3 aromatic heterocycles. The zero-order valence-corrected chi connectivity index (χ0v) is 35.5. The quantitative estimate of drug-likeness (QED) is 0.0710. The fraction of sp³-hybridized carbons (Fsp3) is 0.360. The number of aromatic amines is 2. The molecule has 9 rings (SSSR count). The molecule has 0 aliphatic carbocycles. The highest BCUT2D eigenvalue weighted by Gasteiger charge is 2.26. The Bertz CT molecular complexity index is 2660. The summed E-state index contributed by atoms with van der Waals surface area (Å²) in [5, 5.41) is 11.6. The van der Waals surface area contributed by atoms with E-state index in [1.165, 1.54) is 11.1 Å². The normalized spacial score (nSPS) is 11.9. The Hall–Kier alpha value is -6.16. The van der Waals surface area contributed by atoms with Gasteiger partial charge in [-0.1, -0.05) is 127 Å². The third-order valence-electron chi connectivity index (χ3n) is 11.9. The summed E-state index contributed by atoms with van der Waals surface area (Å²) in [7, 11) is 0. The molecule has 60 heavy (non-hydrogen) atoms. The molecule has 0 saturated carbocycles. The summed E-state index contributed by atoms with van der Waals surface area (Å²) in [6, 6.07) is 25.7. The van der Waals surface area contributed by atoms with Crippen LogP contribution >= 0.6 is 0 Å². The lowest BCUT2D eigenvalue weighted by atomic mass is 10.0. The van der Waals surface area contributed by atoms with E-state index in [0.717, 1.165) is 168 Å². The van der Waals surface area contributed by atoms with Crippen LogP contribution in [-0.4, -0.2) is 53.0 Å². The Morgan fingerprint density at radius 2 is 0.833 bits per heavy atom. The molecule has 4 aromatic carbocycles. The van der Waals surface area contributed by atoms with Crippen LogP contribution in [0.5, 0.6) is 0 Å². The molecule has 2 aliphatic heterocycles. The molecule has 0 unspecified atom stereocenters. The summed E-state index contributed by atoms with van der Waals surface area (Å²) in [5.41, 5.74) is 11.2. The molecular weight excluding hydrogens is 741 g/mol. The number of anilines is 2. The summed E-state index contributed by atoms with van der Waals surface area (Å²) in [6.45, 7) is 10.6. The van der Waals surface area contributed by atoms with Crippen LogP contribution in [0.1, 0.15) is 103 Å². The number of aromatic nitrogens is 8. The van der Waals surface area contributed by atoms with Crippen molar-refractivity contribution in [3.63, 3.8) is 0 Å². The highest BCUT2D eigenvalue weighted by molar-refractivity contribution is 6.08. The van der Waals surface area contributed by atoms with Gasteiger partial charge >= 0.3 is 0 Å². The minimum atomic E-state index is 0.618. The first-order chi connectivity index (χ1) is 29.6. The van der Waals surface area contributed by atoms with Gasteiger partial charge in [0, 0.05) is 57.1 Å². The Labute approximate surface area is 352 Å². The van der Waals surface area contributed by atoms with E-state index in [1.807, 2.05) is 0 Å². The highest BCUT2D eigenvalue weighted by Crippen LogP contribution is 2.42. The average Bonchev–Trinajstić information content (AvgIpc) is 4.01. The first-order valence-electron chi connectivity index (χ1n) is 22.4. The van der Waals surface area contributed by atoms with Crippen molar-refractivity contribution >= 4 is 55.5 Å². The Morgan fingerprint density at radius 1 is 0.417 bits per heavy atom. The maximum absolute atomic E-state index is 5.42. The molecular formula is C50H56N10. The monoisotopic (exact) mass is 796 g/mol. The van der Waals surface area contributed by atoms with E-state index < -0.39 is 0 Å². The van der Waals surface area contributed by atoms with Crippen LogP contribution in [0.15, 0.2) is 72.8 Å². The van der Waals surface area contributed by atoms with E-state index in [2.05, 4.69) is 121 Å². The van der Waals surface area contributed by atoms with Crippen LogP contribution in [0.3, 0.4) is 0 Å². The molecule has 0 saturated heterocycles. The number of rotatable bonds is 16. The Morgan fingerprint density at radius 3 is 1.27 bits per heavy atom. The summed E-state index contributed by atoms with van der Waals surface area (Å²) < 4.78 is 0. The van der Waals surface area contributed by atoms with E-state index in [1.54, 1.807) is 0 Å². The Kier molecular flexibility index (Phi) is 11.5. The Balaban J connectivity index is 1.41. The molecule has 2 aliphatic rings. The number of aryl methyl sites for hydroxylation is 2. The van der Waals surface area contributed by atoms with Crippen LogP contribution < -0.4 is 10.6 Å². The molecule has 306 valence electrons.